The van der Waals surface area contributed by atoms with E-state index < -0.39 is 10.5 Å². The van der Waals surface area contributed by atoms with Crippen molar-refractivity contribution >= 4 is 23.1 Å². The third-order valence-electron chi connectivity index (χ3n) is 2.84. The maximum Gasteiger partial charge on any atom is 0.387 e. The first-order valence-electron chi connectivity index (χ1n) is 5.55. The summed E-state index contributed by atoms with van der Waals surface area (Å²) in [6.07, 6.45) is 1.23. The summed E-state index contributed by atoms with van der Waals surface area (Å²) >= 11 is 5.84. The van der Waals surface area contributed by atoms with Crippen LogP contribution in [-0.2, 0) is 4.74 Å². The van der Waals surface area contributed by atoms with Gasteiger partial charge in [-0.2, -0.15) is 5.26 Å². The van der Waals surface area contributed by atoms with Gasteiger partial charge in [-0.25, -0.2) is 0 Å². The Morgan fingerprint density at radius 1 is 1.74 bits per heavy atom. The Labute approximate surface area is 114 Å². The van der Waals surface area contributed by atoms with Crippen LogP contribution in [0.4, 0.5) is 11.5 Å². The summed E-state index contributed by atoms with van der Waals surface area (Å²) in [5.41, 5.74) is -0.684. The summed E-state index contributed by atoms with van der Waals surface area (Å²) in [6.45, 7) is 2.63. The average Bonchev–Trinajstić information content (AvgIpc) is 2.38. The van der Waals surface area contributed by atoms with Gasteiger partial charge < -0.3 is 19.8 Å². The molecule has 8 heteroatoms. The van der Waals surface area contributed by atoms with Crippen LogP contribution in [-0.4, -0.2) is 35.2 Å². The molecule has 1 aliphatic heterocycles. The standard InChI is InChI=1S/C11H11ClN4O3/c1-11(6-13)7-15(2-3-19-11)9-4-8(12)5-14-10(9)16(17)18/h4-5H,2-3,7H2,1H3. The maximum atomic E-state index is 11.0. The summed E-state index contributed by atoms with van der Waals surface area (Å²) in [7, 11) is 0. The molecule has 0 amide bonds. The van der Waals surface area contributed by atoms with E-state index in [-0.39, 0.29) is 12.4 Å². The molecule has 0 bridgehead atoms. The molecule has 1 atom stereocenters. The first kappa shape index (κ1) is 13.5. The molecule has 0 N–H and O–H groups in total. The Morgan fingerprint density at radius 3 is 3.11 bits per heavy atom. The van der Waals surface area contributed by atoms with E-state index in [0.29, 0.717) is 23.9 Å². The van der Waals surface area contributed by atoms with E-state index in [4.69, 9.17) is 21.6 Å². The molecule has 19 heavy (non-hydrogen) atoms. The van der Waals surface area contributed by atoms with Crippen LogP contribution in [0.25, 0.3) is 0 Å². The first-order valence-corrected chi connectivity index (χ1v) is 5.93. The molecule has 0 aliphatic carbocycles. The van der Waals surface area contributed by atoms with Crippen LogP contribution in [0.1, 0.15) is 6.92 Å². The summed E-state index contributed by atoms with van der Waals surface area (Å²) in [5, 5.41) is 20.4. The normalized spacial score (nSPS) is 22.9. The summed E-state index contributed by atoms with van der Waals surface area (Å²) < 4.78 is 5.37. The third-order valence-corrected chi connectivity index (χ3v) is 3.05. The van der Waals surface area contributed by atoms with E-state index in [1.807, 2.05) is 0 Å². The van der Waals surface area contributed by atoms with Crippen LogP contribution >= 0.6 is 11.6 Å². The third kappa shape index (κ3) is 2.75. The van der Waals surface area contributed by atoms with Gasteiger partial charge in [0.2, 0.25) is 0 Å². The number of hydrogen-bond acceptors (Lipinski definition) is 6. The number of nitro groups is 1. The predicted octanol–water partition coefficient (Wildman–Crippen LogP) is 1.76. The Kier molecular flexibility index (Phi) is 3.55. The fourth-order valence-electron chi connectivity index (χ4n) is 1.94. The quantitative estimate of drug-likeness (QED) is 0.606. The highest BCUT2D eigenvalue weighted by Crippen LogP contribution is 2.31. The minimum Gasteiger partial charge on any atom is -0.358 e. The molecule has 0 saturated carbocycles. The number of pyridine rings is 1. The molecular formula is C11H11ClN4O3. The maximum absolute atomic E-state index is 11.0. The molecule has 2 heterocycles. The Morgan fingerprint density at radius 2 is 2.47 bits per heavy atom. The minimum atomic E-state index is -0.992. The lowest BCUT2D eigenvalue weighted by Gasteiger charge is -2.36. The van der Waals surface area contributed by atoms with Crippen LogP contribution < -0.4 is 4.90 Å². The molecule has 1 fully saturated rings. The molecular weight excluding hydrogens is 272 g/mol. The SMILES string of the molecule is CC1(C#N)CN(c2cc(Cl)cnc2[N+](=O)[O-])CCO1. The van der Waals surface area contributed by atoms with Crippen LogP contribution in [0.2, 0.25) is 5.02 Å². The Hall–Kier alpha value is -1.91. The Balaban J connectivity index is 2.39. The molecule has 1 saturated heterocycles. The number of halogens is 1. The number of rotatable bonds is 2. The highest BCUT2D eigenvalue weighted by atomic mass is 35.5. The van der Waals surface area contributed by atoms with E-state index in [1.165, 1.54) is 12.3 Å². The van der Waals surface area contributed by atoms with Gasteiger partial charge in [0.1, 0.15) is 5.69 Å². The van der Waals surface area contributed by atoms with Gasteiger partial charge in [-0.1, -0.05) is 11.6 Å². The fraction of sp³-hybridized carbons (Fsp3) is 0.455. The molecule has 1 aromatic heterocycles. The van der Waals surface area contributed by atoms with Gasteiger partial charge >= 0.3 is 5.82 Å². The second kappa shape index (κ2) is 4.99. The molecule has 1 unspecified atom stereocenters. The zero-order chi connectivity index (χ0) is 14.0. The average molecular weight is 283 g/mol. The van der Waals surface area contributed by atoms with E-state index >= 15 is 0 Å². The largest absolute Gasteiger partial charge is 0.387 e. The molecule has 7 nitrogen and oxygen atoms in total. The van der Waals surface area contributed by atoms with Crippen molar-refractivity contribution in [1.29, 1.82) is 5.26 Å². The van der Waals surface area contributed by atoms with Crippen LogP contribution in [0, 0.1) is 21.4 Å². The van der Waals surface area contributed by atoms with E-state index in [0.717, 1.165) is 0 Å². The molecule has 0 spiro atoms. The monoisotopic (exact) mass is 282 g/mol. The van der Waals surface area contributed by atoms with E-state index in [9.17, 15) is 10.1 Å². The van der Waals surface area contributed by atoms with Crippen molar-refractivity contribution in [2.75, 3.05) is 24.6 Å². The molecule has 2 rings (SSSR count). The number of nitrogens with zero attached hydrogens (tertiary/aromatic N) is 4. The lowest BCUT2D eigenvalue weighted by atomic mass is 10.1. The second-order valence-corrected chi connectivity index (χ2v) is 4.80. The van der Waals surface area contributed by atoms with Crippen molar-refractivity contribution in [1.82, 2.24) is 4.98 Å². The zero-order valence-corrected chi connectivity index (χ0v) is 10.9. The number of aromatic nitrogens is 1. The van der Waals surface area contributed by atoms with E-state index in [2.05, 4.69) is 11.1 Å². The Bertz CT molecular complexity index is 559. The van der Waals surface area contributed by atoms with Crippen LogP contribution in [0.5, 0.6) is 0 Å². The topological polar surface area (TPSA) is 92.3 Å². The molecule has 1 aromatic rings. The van der Waals surface area contributed by atoms with Crippen LogP contribution in [0.15, 0.2) is 12.3 Å². The second-order valence-electron chi connectivity index (χ2n) is 4.37. The number of nitriles is 1. The smallest absolute Gasteiger partial charge is 0.358 e. The molecule has 100 valence electrons. The highest BCUT2D eigenvalue weighted by molar-refractivity contribution is 6.30. The number of morpholine rings is 1. The molecule has 0 radical (unpaired) electrons. The lowest BCUT2D eigenvalue weighted by Crippen LogP contribution is -2.49. The summed E-state index contributed by atoms with van der Waals surface area (Å²) in [5.74, 6) is -0.272. The van der Waals surface area contributed by atoms with Crippen molar-refractivity contribution in [2.24, 2.45) is 0 Å². The number of anilines is 1. The highest BCUT2D eigenvalue weighted by Gasteiger charge is 2.35. The van der Waals surface area contributed by atoms with Gasteiger partial charge in [0.25, 0.3) is 0 Å². The van der Waals surface area contributed by atoms with Crippen LogP contribution in [0.3, 0.4) is 0 Å². The molecule has 0 aromatic carbocycles. The van der Waals surface area contributed by atoms with Gasteiger partial charge in [0, 0.05) is 6.54 Å². The van der Waals surface area contributed by atoms with Crippen molar-refractivity contribution in [3.8, 4) is 6.07 Å². The van der Waals surface area contributed by atoms with Crippen molar-refractivity contribution in [3.05, 3.63) is 27.4 Å². The zero-order valence-electron chi connectivity index (χ0n) is 10.2. The number of hydrogen-bond donors (Lipinski definition) is 0. The van der Waals surface area contributed by atoms with Gasteiger partial charge in [-0.3, -0.25) is 0 Å². The van der Waals surface area contributed by atoms with Crippen molar-refractivity contribution in [2.45, 2.75) is 12.5 Å². The minimum absolute atomic E-state index is 0.229. The van der Waals surface area contributed by atoms with Crippen molar-refractivity contribution < 1.29 is 9.66 Å². The lowest BCUT2D eigenvalue weighted by molar-refractivity contribution is -0.388. The van der Waals surface area contributed by atoms with Gasteiger partial charge in [-0.15, -0.1) is 0 Å². The van der Waals surface area contributed by atoms with Gasteiger partial charge in [0.05, 0.1) is 24.2 Å². The predicted molar refractivity (Wildman–Crippen MR) is 68.1 cm³/mol. The first-order chi connectivity index (χ1) is 8.95. The van der Waals surface area contributed by atoms with E-state index in [1.54, 1.807) is 11.8 Å². The van der Waals surface area contributed by atoms with Crippen molar-refractivity contribution in [3.63, 3.8) is 0 Å². The molecule has 1 aliphatic rings. The summed E-state index contributed by atoms with van der Waals surface area (Å²) in [4.78, 5) is 15.8. The number of ether oxygens (including phenoxy) is 1. The van der Waals surface area contributed by atoms with Gasteiger partial charge in [0.15, 0.2) is 11.8 Å². The summed E-state index contributed by atoms with van der Waals surface area (Å²) in [6, 6.07) is 3.54. The van der Waals surface area contributed by atoms with Gasteiger partial charge in [-0.05, 0) is 22.9 Å². The fourth-order valence-corrected chi connectivity index (χ4v) is 2.09.